The molecule has 0 aromatic carbocycles. The van der Waals surface area contributed by atoms with Gasteiger partial charge in [-0.3, -0.25) is 0 Å². The minimum absolute atomic E-state index is 0.418. The molecule has 2 unspecified atom stereocenters. The first-order valence-electron chi connectivity index (χ1n) is 5.71. The Kier molecular flexibility index (Phi) is 3.95. The molecule has 0 bridgehead atoms. The Balaban J connectivity index is 2.82. The van der Waals surface area contributed by atoms with Crippen molar-refractivity contribution >= 4 is 0 Å². The van der Waals surface area contributed by atoms with Gasteiger partial charge in [-0.1, -0.05) is 20.3 Å². The third-order valence-electron chi connectivity index (χ3n) is 3.31. The monoisotopic (exact) mass is 195 g/mol. The normalized spacial score (nSPS) is 32.9. The van der Waals surface area contributed by atoms with E-state index in [0.29, 0.717) is 18.4 Å². The minimum Gasteiger partial charge on any atom is -0.360 e. The lowest BCUT2D eigenvalue weighted by atomic mass is 9.71. The highest BCUT2D eigenvalue weighted by molar-refractivity contribution is 5.08. The molecule has 1 rings (SSSR count). The Morgan fingerprint density at radius 3 is 2.71 bits per heavy atom. The molecule has 0 N–H and O–H groups in total. The molecule has 0 aromatic rings. The highest BCUT2D eigenvalue weighted by Gasteiger charge is 2.43. The van der Waals surface area contributed by atoms with Crippen LogP contribution in [-0.4, -0.2) is 12.2 Å². The van der Waals surface area contributed by atoms with Gasteiger partial charge in [0.25, 0.3) is 0 Å². The molecule has 0 saturated heterocycles. The quantitative estimate of drug-likeness (QED) is 0.693. The van der Waals surface area contributed by atoms with E-state index in [0.717, 1.165) is 19.3 Å². The van der Waals surface area contributed by atoms with Gasteiger partial charge in [0, 0.05) is 12.5 Å². The van der Waals surface area contributed by atoms with Crippen LogP contribution in [0, 0.1) is 23.2 Å². The first kappa shape index (κ1) is 11.5. The van der Waals surface area contributed by atoms with Crippen LogP contribution in [0.15, 0.2) is 0 Å². The topological polar surface area (TPSA) is 33.0 Å². The predicted octanol–water partition coefficient (Wildman–Crippen LogP) is 3.13. The Morgan fingerprint density at radius 1 is 1.50 bits per heavy atom. The van der Waals surface area contributed by atoms with Gasteiger partial charge < -0.3 is 4.74 Å². The second kappa shape index (κ2) is 4.79. The van der Waals surface area contributed by atoms with Crippen LogP contribution in [0.1, 0.15) is 46.5 Å². The van der Waals surface area contributed by atoms with Crippen LogP contribution in [0.4, 0.5) is 0 Å². The van der Waals surface area contributed by atoms with E-state index in [9.17, 15) is 5.26 Å². The first-order chi connectivity index (χ1) is 6.66. The molecule has 2 heteroatoms. The van der Waals surface area contributed by atoms with Gasteiger partial charge >= 0.3 is 0 Å². The summed E-state index contributed by atoms with van der Waals surface area (Å²) in [6, 6.07) is 2.43. The maximum absolute atomic E-state index is 9.32. The smallest absolute Gasteiger partial charge is 0.157 e. The van der Waals surface area contributed by atoms with Gasteiger partial charge in [-0.05, 0) is 32.1 Å². The second-order valence-electron chi connectivity index (χ2n) is 4.53. The summed E-state index contributed by atoms with van der Waals surface area (Å²) in [6.45, 7) is 7.02. The molecule has 14 heavy (non-hydrogen) atoms. The van der Waals surface area contributed by atoms with Gasteiger partial charge in [-0.15, -0.1) is 0 Å². The number of hydrogen-bond acceptors (Lipinski definition) is 2. The molecule has 0 aromatic heterocycles. The van der Waals surface area contributed by atoms with E-state index in [1.165, 1.54) is 6.42 Å². The van der Waals surface area contributed by atoms with Crippen LogP contribution in [0.25, 0.3) is 0 Å². The fraction of sp³-hybridized carbons (Fsp3) is 0.917. The summed E-state index contributed by atoms with van der Waals surface area (Å²) in [5.74, 6) is 0.961. The standard InChI is InChI=1S/C12H21NO/c1-4-14-12(9-13)8-6-5-7-11(12)10(2)3/h10-11H,4-8H2,1-3H3. The van der Waals surface area contributed by atoms with Crippen LogP contribution >= 0.6 is 0 Å². The maximum atomic E-state index is 9.32. The SMILES string of the molecule is CCOC1(C#N)CCCCC1C(C)C. The molecule has 0 spiro atoms. The molecule has 0 heterocycles. The molecule has 80 valence electrons. The van der Waals surface area contributed by atoms with E-state index in [4.69, 9.17) is 4.74 Å². The van der Waals surface area contributed by atoms with Crippen LogP contribution in [0.5, 0.6) is 0 Å². The van der Waals surface area contributed by atoms with E-state index in [1.807, 2.05) is 6.92 Å². The molecule has 1 saturated carbocycles. The van der Waals surface area contributed by atoms with Crippen LogP contribution in [0.3, 0.4) is 0 Å². The summed E-state index contributed by atoms with van der Waals surface area (Å²) in [4.78, 5) is 0. The summed E-state index contributed by atoms with van der Waals surface area (Å²) in [5, 5.41) is 9.32. The third-order valence-corrected chi connectivity index (χ3v) is 3.31. The molecule has 0 aliphatic heterocycles. The average molecular weight is 195 g/mol. The fourth-order valence-corrected chi connectivity index (χ4v) is 2.65. The first-order valence-corrected chi connectivity index (χ1v) is 5.71. The Bertz CT molecular complexity index is 215. The summed E-state index contributed by atoms with van der Waals surface area (Å²) in [7, 11) is 0. The minimum atomic E-state index is -0.485. The lowest BCUT2D eigenvalue weighted by molar-refractivity contribution is -0.0757. The van der Waals surface area contributed by atoms with Crippen molar-refractivity contribution in [2.45, 2.75) is 52.1 Å². The van der Waals surface area contributed by atoms with Gasteiger partial charge in [-0.25, -0.2) is 0 Å². The molecule has 1 aliphatic carbocycles. The van der Waals surface area contributed by atoms with Crippen molar-refractivity contribution in [3.8, 4) is 6.07 Å². The zero-order chi connectivity index (χ0) is 10.6. The fourth-order valence-electron chi connectivity index (χ4n) is 2.65. The van der Waals surface area contributed by atoms with Crippen molar-refractivity contribution in [1.29, 1.82) is 5.26 Å². The summed E-state index contributed by atoms with van der Waals surface area (Å²) < 4.78 is 5.73. The number of hydrogen-bond donors (Lipinski definition) is 0. The van der Waals surface area contributed by atoms with Gasteiger partial charge in [0.2, 0.25) is 0 Å². The molecule has 0 radical (unpaired) electrons. The Labute approximate surface area is 87.3 Å². The molecule has 1 aliphatic rings. The van der Waals surface area contributed by atoms with Crippen molar-refractivity contribution < 1.29 is 4.74 Å². The molecule has 2 nitrogen and oxygen atoms in total. The largest absolute Gasteiger partial charge is 0.360 e. The zero-order valence-corrected chi connectivity index (χ0v) is 9.55. The van der Waals surface area contributed by atoms with Crippen LogP contribution in [0.2, 0.25) is 0 Å². The van der Waals surface area contributed by atoms with E-state index in [-0.39, 0.29) is 0 Å². The number of nitriles is 1. The third kappa shape index (κ3) is 2.09. The second-order valence-corrected chi connectivity index (χ2v) is 4.53. The molecule has 2 atom stereocenters. The van der Waals surface area contributed by atoms with E-state index < -0.39 is 5.60 Å². The number of ether oxygens (including phenoxy) is 1. The maximum Gasteiger partial charge on any atom is 0.157 e. The van der Waals surface area contributed by atoms with Crippen molar-refractivity contribution in [1.82, 2.24) is 0 Å². The lowest BCUT2D eigenvalue weighted by Gasteiger charge is -2.40. The zero-order valence-electron chi connectivity index (χ0n) is 9.55. The number of nitrogens with zero attached hydrogens (tertiary/aromatic N) is 1. The van der Waals surface area contributed by atoms with Crippen LogP contribution in [-0.2, 0) is 4.74 Å². The highest BCUT2D eigenvalue weighted by atomic mass is 16.5. The van der Waals surface area contributed by atoms with E-state index in [2.05, 4.69) is 19.9 Å². The van der Waals surface area contributed by atoms with Crippen molar-refractivity contribution in [2.75, 3.05) is 6.61 Å². The van der Waals surface area contributed by atoms with Crippen molar-refractivity contribution in [3.63, 3.8) is 0 Å². The van der Waals surface area contributed by atoms with E-state index >= 15 is 0 Å². The van der Waals surface area contributed by atoms with Gasteiger partial charge in [0.05, 0.1) is 6.07 Å². The Hall–Kier alpha value is -0.550. The van der Waals surface area contributed by atoms with E-state index in [1.54, 1.807) is 0 Å². The van der Waals surface area contributed by atoms with Gasteiger partial charge in [0.15, 0.2) is 5.60 Å². The van der Waals surface area contributed by atoms with Crippen LogP contribution < -0.4 is 0 Å². The average Bonchev–Trinajstić information content (AvgIpc) is 2.18. The molecular formula is C12H21NO. The summed E-state index contributed by atoms with van der Waals surface area (Å²) in [5.41, 5.74) is -0.485. The molecule has 0 amide bonds. The molecule has 1 fully saturated rings. The lowest BCUT2D eigenvalue weighted by Crippen LogP contribution is -2.44. The number of rotatable bonds is 3. The summed E-state index contributed by atoms with van der Waals surface area (Å²) >= 11 is 0. The van der Waals surface area contributed by atoms with Gasteiger partial charge in [-0.2, -0.15) is 5.26 Å². The summed E-state index contributed by atoms with van der Waals surface area (Å²) in [6.07, 6.45) is 4.45. The highest BCUT2D eigenvalue weighted by Crippen LogP contribution is 2.40. The Morgan fingerprint density at radius 2 is 2.21 bits per heavy atom. The van der Waals surface area contributed by atoms with Crippen molar-refractivity contribution in [2.24, 2.45) is 11.8 Å². The van der Waals surface area contributed by atoms with Crippen molar-refractivity contribution in [3.05, 3.63) is 0 Å². The van der Waals surface area contributed by atoms with Gasteiger partial charge in [0.1, 0.15) is 0 Å². The molecular weight excluding hydrogens is 174 g/mol. The predicted molar refractivity (Wildman–Crippen MR) is 56.8 cm³/mol.